The number of hydrogen-bond acceptors (Lipinski definition) is 6. The lowest BCUT2D eigenvalue weighted by molar-refractivity contribution is -0.133. The molecule has 21 heavy (non-hydrogen) atoms. The highest BCUT2D eigenvalue weighted by Gasteiger charge is 2.10. The second-order valence-corrected chi connectivity index (χ2v) is 6.11. The zero-order chi connectivity index (χ0) is 15.2. The van der Waals surface area contributed by atoms with E-state index in [0.717, 1.165) is 23.1 Å². The van der Waals surface area contributed by atoms with E-state index in [1.165, 1.54) is 18.2 Å². The standard InChI is InChI=1S/C12H10FN3O3S2/c13-8-3-1-2-7(4-8)5-9(17)14-11-15-16-12(21-11)20-6-10(18)19/h1-4H,5-6H2,(H,18,19)(H,14,15,17). The average molecular weight is 327 g/mol. The molecule has 0 aliphatic heterocycles. The minimum Gasteiger partial charge on any atom is -0.481 e. The Morgan fingerprint density at radius 3 is 2.90 bits per heavy atom. The molecule has 0 aliphatic rings. The van der Waals surface area contributed by atoms with Crippen LogP contribution in [0.15, 0.2) is 28.6 Å². The largest absolute Gasteiger partial charge is 0.481 e. The molecule has 2 aromatic rings. The number of aromatic nitrogens is 2. The number of anilines is 1. The first-order chi connectivity index (χ1) is 10.0. The molecule has 1 aromatic heterocycles. The molecule has 0 saturated carbocycles. The Hall–Kier alpha value is -2.00. The van der Waals surface area contributed by atoms with Crippen molar-refractivity contribution in [1.29, 1.82) is 0 Å². The second kappa shape index (κ2) is 7.14. The van der Waals surface area contributed by atoms with Crippen LogP contribution in [0.25, 0.3) is 0 Å². The molecule has 0 aliphatic carbocycles. The van der Waals surface area contributed by atoms with Gasteiger partial charge in [0, 0.05) is 0 Å². The highest BCUT2D eigenvalue weighted by Crippen LogP contribution is 2.25. The third kappa shape index (κ3) is 5.12. The van der Waals surface area contributed by atoms with Crippen LogP contribution in [0.3, 0.4) is 0 Å². The van der Waals surface area contributed by atoms with E-state index in [0.29, 0.717) is 9.90 Å². The number of rotatable bonds is 6. The number of aliphatic carboxylic acids is 1. The third-order valence-electron chi connectivity index (χ3n) is 2.23. The summed E-state index contributed by atoms with van der Waals surface area (Å²) < 4.78 is 13.5. The van der Waals surface area contributed by atoms with E-state index in [1.54, 1.807) is 6.07 Å². The number of nitrogens with zero attached hydrogens (tertiary/aromatic N) is 2. The van der Waals surface area contributed by atoms with Gasteiger partial charge in [-0.15, -0.1) is 10.2 Å². The lowest BCUT2D eigenvalue weighted by atomic mass is 10.1. The first-order valence-corrected chi connectivity index (χ1v) is 7.55. The van der Waals surface area contributed by atoms with Gasteiger partial charge in [0.2, 0.25) is 11.0 Å². The minimum absolute atomic E-state index is 0.0228. The number of hydrogen-bond donors (Lipinski definition) is 2. The van der Waals surface area contributed by atoms with Crippen molar-refractivity contribution in [3.8, 4) is 0 Å². The van der Waals surface area contributed by atoms with Crippen molar-refractivity contribution in [3.05, 3.63) is 35.6 Å². The number of carboxylic acids is 1. The molecule has 0 atom stereocenters. The fourth-order valence-corrected chi connectivity index (χ4v) is 2.93. The maximum Gasteiger partial charge on any atom is 0.313 e. The van der Waals surface area contributed by atoms with Crippen LogP contribution in [-0.4, -0.2) is 32.9 Å². The SMILES string of the molecule is O=C(O)CSc1nnc(NC(=O)Cc2cccc(F)c2)s1. The molecule has 1 amide bonds. The van der Waals surface area contributed by atoms with E-state index in [9.17, 15) is 14.0 Å². The molecule has 0 bridgehead atoms. The van der Waals surface area contributed by atoms with E-state index >= 15 is 0 Å². The normalized spacial score (nSPS) is 10.3. The van der Waals surface area contributed by atoms with Crippen molar-refractivity contribution < 1.29 is 19.1 Å². The summed E-state index contributed by atoms with van der Waals surface area (Å²) in [4.78, 5) is 22.2. The van der Waals surface area contributed by atoms with Gasteiger partial charge in [-0.3, -0.25) is 9.59 Å². The van der Waals surface area contributed by atoms with Gasteiger partial charge in [-0.25, -0.2) is 4.39 Å². The summed E-state index contributed by atoms with van der Waals surface area (Å²) in [6.45, 7) is 0. The van der Waals surface area contributed by atoms with Crippen LogP contribution in [0.2, 0.25) is 0 Å². The number of carboxylic acid groups (broad SMARTS) is 1. The molecule has 0 unspecified atom stereocenters. The van der Waals surface area contributed by atoms with E-state index in [4.69, 9.17) is 5.11 Å². The van der Waals surface area contributed by atoms with Crippen LogP contribution in [-0.2, 0) is 16.0 Å². The number of nitrogens with one attached hydrogen (secondary N) is 1. The van der Waals surface area contributed by atoms with Crippen molar-refractivity contribution in [2.45, 2.75) is 10.8 Å². The molecule has 2 rings (SSSR count). The average Bonchev–Trinajstić information content (AvgIpc) is 2.83. The van der Waals surface area contributed by atoms with Crippen LogP contribution in [0, 0.1) is 5.82 Å². The number of carbonyl (C=O) groups is 2. The molecule has 1 aromatic carbocycles. The monoisotopic (exact) mass is 327 g/mol. The van der Waals surface area contributed by atoms with Gasteiger partial charge >= 0.3 is 5.97 Å². The number of thioether (sulfide) groups is 1. The van der Waals surface area contributed by atoms with Gasteiger partial charge in [0.1, 0.15) is 5.82 Å². The van der Waals surface area contributed by atoms with Gasteiger partial charge in [0.05, 0.1) is 12.2 Å². The Kier molecular flexibility index (Phi) is 5.23. The molecular weight excluding hydrogens is 317 g/mol. The molecule has 9 heteroatoms. The Morgan fingerprint density at radius 1 is 1.38 bits per heavy atom. The zero-order valence-corrected chi connectivity index (χ0v) is 12.2. The first-order valence-electron chi connectivity index (χ1n) is 5.75. The number of halogens is 1. The second-order valence-electron chi connectivity index (χ2n) is 3.91. The Morgan fingerprint density at radius 2 is 2.19 bits per heavy atom. The minimum atomic E-state index is -0.952. The predicted octanol–water partition coefficient (Wildman–Crippen LogP) is 2.04. The van der Waals surface area contributed by atoms with E-state index < -0.39 is 11.8 Å². The van der Waals surface area contributed by atoms with Gasteiger partial charge in [-0.1, -0.05) is 35.2 Å². The number of amides is 1. The Bertz CT molecular complexity index is 663. The van der Waals surface area contributed by atoms with Gasteiger partial charge in [0.15, 0.2) is 4.34 Å². The molecule has 1 heterocycles. The van der Waals surface area contributed by atoms with Gasteiger partial charge in [0.25, 0.3) is 0 Å². The fourth-order valence-electron chi connectivity index (χ4n) is 1.44. The maximum absolute atomic E-state index is 13.0. The molecule has 0 spiro atoms. The first kappa shape index (κ1) is 15.4. The smallest absolute Gasteiger partial charge is 0.313 e. The summed E-state index contributed by atoms with van der Waals surface area (Å²) in [5.41, 5.74) is 0.553. The van der Waals surface area contributed by atoms with E-state index in [-0.39, 0.29) is 23.2 Å². The molecule has 0 saturated heterocycles. The summed E-state index contributed by atoms with van der Waals surface area (Å²) in [5, 5.41) is 18.9. The zero-order valence-electron chi connectivity index (χ0n) is 10.6. The van der Waals surface area contributed by atoms with Crippen LogP contribution < -0.4 is 5.32 Å². The Labute approximate surface area is 127 Å². The highest BCUT2D eigenvalue weighted by atomic mass is 32.2. The van der Waals surface area contributed by atoms with Crippen LogP contribution in [0.1, 0.15) is 5.56 Å². The lowest BCUT2D eigenvalue weighted by Crippen LogP contribution is -2.14. The van der Waals surface area contributed by atoms with Gasteiger partial charge < -0.3 is 10.4 Å². The van der Waals surface area contributed by atoms with Crippen molar-refractivity contribution in [2.75, 3.05) is 11.1 Å². The van der Waals surface area contributed by atoms with E-state index in [2.05, 4.69) is 15.5 Å². The van der Waals surface area contributed by atoms with Gasteiger partial charge in [-0.2, -0.15) is 0 Å². The molecule has 6 nitrogen and oxygen atoms in total. The third-order valence-corrected chi connectivity index (χ3v) is 4.18. The summed E-state index contributed by atoms with van der Waals surface area (Å²) in [7, 11) is 0. The molecule has 0 radical (unpaired) electrons. The number of carbonyl (C=O) groups excluding carboxylic acids is 1. The quantitative estimate of drug-likeness (QED) is 0.623. The summed E-state index contributed by atoms with van der Waals surface area (Å²) >= 11 is 2.12. The molecule has 2 N–H and O–H groups in total. The topological polar surface area (TPSA) is 92.2 Å². The predicted molar refractivity (Wildman–Crippen MR) is 77.0 cm³/mol. The lowest BCUT2D eigenvalue weighted by Gasteiger charge is -2.01. The number of benzene rings is 1. The Balaban J connectivity index is 1.89. The maximum atomic E-state index is 13.0. The van der Waals surface area contributed by atoms with Crippen molar-refractivity contribution >= 4 is 40.1 Å². The summed E-state index contributed by atoms with van der Waals surface area (Å²) in [6, 6.07) is 5.77. The summed E-state index contributed by atoms with van der Waals surface area (Å²) in [5.74, 6) is -1.81. The van der Waals surface area contributed by atoms with Gasteiger partial charge in [-0.05, 0) is 17.7 Å². The van der Waals surface area contributed by atoms with Crippen molar-refractivity contribution in [2.24, 2.45) is 0 Å². The summed E-state index contributed by atoms with van der Waals surface area (Å²) in [6.07, 6.45) is 0.0228. The van der Waals surface area contributed by atoms with Crippen LogP contribution in [0.5, 0.6) is 0 Å². The van der Waals surface area contributed by atoms with Crippen LogP contribution in [0.4, 0.5) is 9.52 Å². The van der Waals surface area contributed by atoms with E-state index in [1.807, 2.05) is 0 Å². The van der Waals surface area contributed by atoms with Crippen molar-refractivity contribution in [1.82, 2.24) is 10.2 Å². The highest BCUT2D eigenvalue weighted by molar-refractivity contribution is 8.01. The molecule has 110 valence electrons. The molecule has 0 fully saturated rings. The molecular formula is C12H10FN3O3S2. The van der Waals surface area contributed by atoms with Crippen molar-refractivity contribution in [3.63, 3.8) is 0 Å². The fraction of sp³-hybridized carbons (Fsp3) is 0.167. The van der Waals surface area contributed by atoms with Crippen LogP contribution >= 0.6 is 23.1 Å².